The molecule has 0 bridgehead atoms. The monoisotopic (exact) mass is 627 g/mol. The molecule has 0 aliphatic heterocycles. The first-order valence-corrected chi connectivity index (χ1v) is 17.0. The highest BCUT2D eigenvalue weighted by Gasteiger charge is 2.35. The normalized spacial score (nSPS) is 13.3. The minimum atomic E-state index is -0.0484. The number of fused-ring (bicyclic) bond motifs is 8. The van der Waals surface area contributed by atoms with E-state index in [1.54, 1.807) is 0 Å². The van der Waals surface area contributed by atoms with Crippen LogP contribution in [-0.4, -0.2) is 0 Å². The first-order valence-electron chi connectivity index (χ1n) is 17.0. The van der Waals surface area contributed by atoms with E-state index in [9.17, 15) is 0 Å². The maximum Gasteiger partial charge on any atom is 0.137 e. The molecule has 9 aromatic rings. The molecule has 0 unspecified atom stereocenters. The van der Waals surface area contributed by atoms with Crippen molar-refractivity contribution in [1.29, 1.82) is 0 Å². The second kappa shape index (κ2) is 10.4. The maximum atomic E-state index is 6.39. The van der Waals surface area contributed by atoms with Crippen molar-refractivity contribution in [3.8, 4) is 22.3 Å². The van der Waals surface area contributed by atoms with Gasteiger partial charge >= 0.3 is 0 Å². The highest BCUT2D eigenvalue weighted by Crippen LogP contribution is 2.51. The molecule has 2 nitrogen and oxygen atoms in total. The summed E-state index contributed by atoms with van der Waals surface area (Å²) in [7, 11) is 0. The maximum absolute atomic E-state index is 6.39. The van der Waals surface area contributed by atoms with Crippen molar-refractivity contribution in [1.82, 2.24) is 0 Å². The minimum Gasteiger partial charge on any atom is -0.456 e. The highest BCUT2D eigenvalue weighted by atomic mass is 16.3. The van der Waals surface area contributed by atoms with Crippen molar-refractivity contribution < 1.29 is 4.42 Å². The molecule has 1 aromatic heterocycles. The van der Waals surface area contributed by atoms with Crippen molar-refractivity contribution in [3.05, 3.63) is 175 Å². The van der Waals surface area contributed by atoms with Gasteiger partial charge in [-0.3, -0.25) is 0 Å². The zero-order valence-corrected chi connectivity index (χ0v) is 27.4. The van der Waals surface area contributed by atoms with E-state index in [1.807, 2.05) is 12.1 Å². The molecule has 0 spiro atoms. The quantitative estimate of drug-likeness (QED) is 0.193. The molecule has 0 saturated carbocycles. The van der Waals surface area contributed by atoms with E-state index in [4.69, 9.17) is 4.42 Å². The number of furan rings is 1. The molecule has 0 atom stereocenters. The SMILES string of the molecule is CC1(C)c2ccccc2-c2cc(N(c3ccc4cc(-c5cccc6ccccc56)ccc4c3)c3ccc4c(c3)oc3ccccc34)ccc21. The summed E-state index contributed by atoms with van der Waals surface area (Å²) in [5.41, 5.74) is 12.9. The zero-order chi connectivity index (χ0) is 32.7. The van der Waals surface area contributed by atoms with E-state index in [0.29, 0.717) is 0 Å². The van der Waals surface area contributed by atoms with E-state index < -0.39 is 0 Å². The lowest BCUT2D eigenvalue weighted by atomic mass is 9.82. The Hall–Kier alpha value is -6.12. The van der Waals surface area contributed by atoms with Gasteiger partial charge in [0.05, 0.1) is 0 Å². The molecule has 0 N–H and O–H groups in total. The number of hydrogen-bond acceptors (Lipinski definition) is 2. The highest BCUT2D eigenvalue weighted by molar-refractivity contribution is 6.06. The van der Waals surface area contributed by atoms with Gasteiger partial charge in [-0.05, 0) is 103 Å². The number of nitrogens with zero attached hydrogens (tertiary/aromatic N) is 1. The fraction of sp³-hybridized carbons (Fsp3) is 0.0638. The summed E-state index contributed by atoms with van der Waals surface area (Å²) in [6, 6.07) is 59.6. The van der Waals surface area contributed by atoms with Crippen LogP contribution in [-0.2, 0) is 5.41 Å². The molecular formula is C47H33NO. The van der Waals surface area contributed by atoms with Crippen LogP contribution in [0, 0.1) is 0 Å². The third-order valence-corrected chi connectivity index (χ3v) is 10.6. The standard InChI is InChI=1S/C47H33NO/c1-47(2)43-16-7-5-13-39(43)42-28-35(23-25-44(42)47)48(36-22-24-41-40-14-6-8-17-45(40)49-46(41)29-36)34-21-20-31-26-33(19-18-32(31)27-34)38-15-9-11-30-10-3-4-12-37(30)38/h3-29H,1-2H3. The summed E-state index contributed by atoms with van der Waals surface area (Å²) < 4.78 is 6.39. The molecule has 1 heterocycles. The molecule has 49 heavy (non-hydrogen) atoms. The van der Waals surface area contributed by atoms with Gasteiger partial charge in [-0.1, -0.05) is 123 Å². The Morgan fingerprint density at radius 3 is 1.98 bits per heavy atom. The van der Waals surface area contributed by atoms with Gasteiger partial charge in [-0.15, -0.1) is 0 Å². The van der Waals surface area contributed by atoms with Crippen LogP contribution in [0.2, 0.25) is 0 Å². The van der Waals surface area contributed by atoms with Crippen LogP contribution in [0.1, 0.15) is 25.0 Å². The van der Waals surface area contributed by atoms with Crippen LogP contribution in [0.15, 0.2) is 168 Å². The van der Waals surface area contributed by atoms with Gasteiger partial charge in [0, 0.05) is 39.3 Å². The summed E-state index contributed by atoms with van der Waals surface area (Å²) in [6.45, 7) is 4.67. The lowest BCUT2D eigenvalue weighted by molar-refractivity contribution is 0.660. The second-order valence-electron chi connectivity index (χ2n) is 13.8. The first-order chi connectivity index (χ1) is 24.0. The van der Waals surface area contributed by atoms with Crippen LogP contribution in [0.5, 0.6) is 0 Å². The minimum absolute atomic E-state index is 0.0484. The van der Waals surface area contributed by atoms with E-state index in [2.05, 4.69) is 170 Å². The average Bonchev–Trinajstić information content (AvgIpc) is 3.62. The number of para-hydroxylation sites is 1. The molecule has 0 amide bonds. The van der Waals surface area contributed by atoms with Crippen LogP contribution in [0.25, 0.3) is 65.7 Å². The molecule has 10 rings (SSSR count). The van der Waals surface area contributed by atoms with Crippen LogP contribution >= 0.6 is 0 Å². The lowest BCUT2D eigenvalue weighted by Gasteiger charge is -2.27. The van der Waals surface area contributed by atoms with Crippen LogP contribution in [0.3, 0.4) is 0 Å². The van der Waals surface area contributed by atoms with Crippen molar-refractivity contribution in [2.24, 2.45) is 0 Å². The van der Waals surface area contributed by atoms with Crippen LogP contribution < -0.4 is 4.90 Å². The van der Waals surface area contributed by atoms with Crippen molar-refractivity contribution >= 4 is 60.5 Å². The first kappa shape index (κ1) is 27.9. The number of benzene rings is 8. The van der Waals surface area contributed by atoms with Gasteiger partial charge in [0.1, 0.15) is 11.2 Å². The topological polar surface area (TPSA) is 16.4 Å². The number of anilines is 3. The predicted molar refractivity (Wildman–Crippen MR) is 206 cm³/mol. The fourth-order valence-corrected chi connectivity index (χ4v) is 8.17. The smallest absolute Gasteiger partial charge is 0.137 e. The third kappa shape index (κ3) is 4.27. The van der Waals surface area contributed by atoms with Gasteiger partial charge < -0.3 is 9.32 Å². The van der Waals surface area contributed by atoms with Crippen molar-refractivity contribution in [2.45, 2.75) is 19.3 Å². The Kier molecular flexibility index (Phi) is 5.95. The zero-order valence-electron chi connectivity index (χ0n) is 27.4. The van der Waals surface area contributed by atoms with Gasteiger partial charge in [0.2, 0.25) is 0 Å². The summed E-state index contributed by atoms with van der Waals surface area (Å²) in [5.74, 6) is 0. The fourth-order valence-electron chi connectivity index (χ4n) is 8.17. The molecule has 0 saturated heterocycles. The van der Waals surface area contributed by atoms with Gasteiger partial charge in [0.15, 0.2) is 0 Å². The molecule has 8 aromatic carbocycles. The summed E-state index contributed by atoms with van der Waals surface area (Å²) in [4.78, 5) is 2.37. The second-order valence-corrected chi connectivity index (χ2v) is 13.8. The molecule has 0 fully saturated rings. The third-order valence-electron chi connectivity index (χ3n) is 10.6. The van der Waals surface area contributed by atoms with E-state index in [1.165, 1.54) is 54.9 Å². The summed E-state index contributed by atoms with van der Waals surface area (Å²) in [6.07, 6.45) is 0. The Bertz CT molecular complexity index is 2760. The largest absolute Gasteiger partial charge is 0.456 e. The Balaban J connectivity index is 1.14. The van der Waals surface area contributed by atoms with E-state index in [-0.39, 0.29) is 5.41 Å². The molecule has 2 heteroatoms. The molecule has 0 radical (unpaired) electrons. The molecular weight excluding hydrogens is 595 g/mol. The molecule has 232 valence electrons. The number of rotatable bonds is 4. The van der Waals surface area contributed by atoms with Gasteiger partial charge in [-0.2, -0.15) is 0 Å². The van der Waals surface area contributed by atoms with Gasteiger partial charge in [-0.25, -0.2) is 0 Å². The van der Waals surface area contributed by atoms with E-state index in [0.717, 1.165) is 39.0 Å². The van der Waals surface area contributed by atoms with Crippen LogP contribution in [0.4, 0.5) is 17.1 Å². The Morgan fingerprint density at radius 1 is 0.408 bits per heavy atom. The number of hydrogen-bond donors (Lipinski definition) is 0. The van der Waals surface area contributed by atoms with E-state index >= 15 is 0 Å². The molecule has 1 aliphatic carbocycles. The average molecular weight is 628 g/mol. The molecule has 1 aliphatic rings. The summed E-state index contributed by atoms with van der Waals surface area (Å²) >= 11 is 0. The Labute approximate surface area is 285 Å². The van der Waals surface area contributed by atoms with Gasteiger partial charge in [0.25, 0.3) is 0 Å². The lowest BCUT2D eigenvalue weighted by Crippen LogP contribution is -2.15. The Morgan fingerprint density at radius 2 is 1.04 bits per heavy atom. The van der Waals surface area contributed by atoms with Crippen molar-refractivity contribution in [2.75, 3.05) is 4.90 Å². The van der Waals surface area contributed by atoms with Crippen molar-refractivity contribution in [3.63, 3.8) is 0 Å². The summed E-state index contributed by atoms with van der Waals surface area (Å²) in [5, 5.41) is 7.21. The predicted octanol–water partition coefficient (Wildman–Crippen LogP) is 13.3.